The Bertz CT molecular complexity index is 802. The molecular weight excluding hydrogens is 362 g/mol. The molecule has 2 aromatic rings. The number of thioether (sulfide) groups is 1. The summed E-state index contributed by atoms with van der Waals surface area (Å²) in [6.45, 7) is 9.74. The fourth-order valence-electron chi connectivity index (χ4n) is 2.92. The summed E-state index contributed by atoms with van der Waals surface area (Å²) in [6.07, 6.45) is 0. The summed E-state index contributed by atoms with van der Waals surface area (Å²) in [7, 11) is 1.65. The van der Waals surface area contributed by atoms with Gasteiger partial charge in [0.15, 0.2) is 0 Å². The largest absolute Gasteiger partial charge is 0.361 e. The molecule has 146 valence electrons. The number of aryl methyl sites for hydroxylation is 5. The van der Waals surface area contributed by atoms with E-state index in [0.717, 1.165) is 39.4 Å². The van der Waals surface area contributed by atoms with Crippen LogP contribution in [0.2, 0.25) is 0 Å². The van der Waals surface area contributed by atoms with E-state index in [1.165, 1.54) is 16.7 Å². The van der Waals surface area contributed by atoms with Crippen molar-refractivity contribution in [2.45, 2.75) is 40.4 Å². The first-order chi connectivity index (χ1) is 12.7. The highest BCUT2D eigenvalue weighted by Crippen LogP contribution is 2.22. The summed E-state index contributed by atoms with van der Waals surface area (Å²) < 4.78 is 5.12. The molecule has 1 N–H and O–H groups in total. The van der Waals surface area contributed by atoms with E-state index in [9.17, 15) is 9.59 Å². The Kier molecular flexibility index (Phi) is 7.07. The van der Waals surface area contributed by atoms with Crippen LogP contribution in [0, 0.1) is 34.6 Å². The van der Waals surface area contributed by atoms with Crippen LogP contribution in [0.1, 0.15) is 33.7 Å². The van der Waals surface area contributed by atoms with Crippen molar-refractivity contribution < 1.29 is 14.1 Å². The van der Waals surface area contributed by atoms with E-state index in [2.05, 4.69) is 10.5 Å². The summed E-state index contributed by atoms with van der Waals surface area (Å²) in [5, 5.41) is 6.84. The van der Waals surface area contributed by atoms with Gasteiger partial charge in [-0.05, 0) is 45.7 Å². The Morgan fingerprint density at radius 2 is 1.78 bits per heavy atom. The molecule has 0 aliphatic heterocycles. The number of hydrogen-bond donors (Lipinski definition) is 1. The van der Waals surface area contributed by atoms with E-state index in [0.29, 0.717) is 11.5 Å². The average molecular weight is 390 g/mol. The lowest BCUT2D eigenvalue weighted by molar-refractivity contribution is -0.131. The lowest BCUT2D eigenvalue weighted by Gasteiger charge is -2.18. The summed E-state index contributed by atoms with van der Waals surface area (Å²) in [5.41, 5.74) is 5.89. The minimum Gasteiger partial charge on any atom is -0.361 e. The molecule has 7 heteroatoms. The highest BCUT2D eigenvalue weighted by molar-refractivity contribution is 7.99. The Hall–Kier alpha value is -2.28. The molecule has 2 rings (SSSR count). The first kappa shape index (κ1) is 21.0. The maximum absolute atomic E-state index is 12.3. The maximum Gasteiger partial charge on any atom is 0.243 e. The van der Waals surface area contributed by atoms with Crippen LogP contribution < -0.4 is 5.32 Å². The Labute approximate surface area is 164 Å². The van der Waals surface area contributed by atoms with Gasteiger partial charge in [-0.1, -0.05) is 22.9 Å². The van der Waals surface area contributed by atoms with E-state index < -0.39 is 0 Å². The molecule has 0 saturated heterocycles. The molecule has 0 spiro atoms. The van der Waals surface area contributed by atoms with Crippen molar-refractivity contribution >= 4 is 29.3 Å². The first-order valence-corrected chi connectivity index (χ1v) is 9.95. The summed E-state index contributed by atoms with van der Waals surface area (Å²) in [6, 6.07) is 4.06. The molecule has 0 bridgehead atoms. The molecule has 1 heterocycles. The van der Waals surface area contributed by atoms with Gasteiger partial charge in [0, 0.05) is 24.1 Å². The zero-order chi connectivity index (χ0) is 20.1. The summed E-state index contributed by atoms with van der Waals surface area (Å²) in [4.78, 5) is 26.1. The first-order valence-electron chi connectivity index (χ1n) is 8.80. The SMILES string of the molecule is Cc1cc(C)c(NC(=O)CN(C)C(=O)CSCc2c(C)noc2C)c(C)c1. The monoisotopic (exact) mass is 389 g/mol. The van der Waals surface area contributed by atoms with E-state index >= 15 is 0 Å². The molecule has 27 heavy (non-hydrogen) atoms. The van der Waals surface area contributed by atoms with Crippen molar-refractivity contribution in [3.63, 3.8) is 0 Å². The van der Waals surface area contributed by atoms with Gasteiger partial charge >= 0.3 is 0 Å². The normalized spacial score (nSPS) is 10.7. The number of aromatic nitrogens is 1. The van der Waals surface area contributed by atoms with Gasteiger partial charge in [0.05, 0.1) is 18.0 Å². The Balaban J connectivity index is 1.84. The van der Waals surface area contributed by atoms with Crippen molar-refractivity contribution in [2.75, 3.05) is 24.7 Å². The third-order valence-corrected chi connectivity index (χ3v) is 5.35. The minimum absolute atomic E-state index is 0.0253. The lowest BCUT2D eigenvalue weighted by atomic mass is 10.1. The van der Waals surface area contributed by atoms with Crippen LogP contribution >= 0.6 is 11.8 Å². The second-order valence-corrected chi connectivity index (χ2v) is 7.85. The van der Waals surface area contributed by atoms with Crippen LogP contribution in [0.25, 0.3) is 0 Å². The number of nitrogens with zero attached hydrogens (tertiary/aromatic N) is 2. The number of anilines is 1. The van der Waals surface area contributed by atoms with E-state index in [1.54, 1.807) is 7.05 Å². The van der Waals surface area contributed by atoms with Gasteiger partial charge in [0.25, 0.3) is 0 Å². The standard InChI is InChI=1S/C20H27N3O3S/c1-12-7-13(2)20(14(3)8-12)21-18(24)9-23(6)19(25)11-27-10-17-15(4)22-26-16(17)5/h7-8H,9-11H2,1-6H3,(H,21,24). The van der Waals surface area contributed by atoms with Crippen molar-refractivity contribution in [2.24, 2.45) is 0 Å². The van der Waals surface area contributed by atoms with Crippen LogP contribution in [0.4, 0.5) is 5.69 Å². The third-order valence-electron chi connectivity index (χ3n) is 4.40. The zero-order valence-corrected chi connectivity index (χ0v) is 17.6. The number of rotatable bonds is 7. The number of benzene rings is 1. The molecule has 2 amide bonds. The molecular formula is C20H27N3O3S. The van der Waals surface area contributed by atoms with Gasteiger partial charge in [0.2, 0.25) is 11.8 Å². The maximum atomic E-state index is 12.3. The highest BCUT2D eigenvalue weighted by Gasteiger charge is 2.16. The number of likely N-dealkylation sites (N-methyl/N-ethyl adjacent to an activating group) is 1. The van der Waals surface area contributed by atoms with Gasteiger partial charge in [0.1, 0.15) is 5.76 Å². The van der Waals surface area contributed by atoms with E-state index in [4.69, 9.17) is 4.52 Å². The van der Waals surface area contributed by atoms with Gasteiger partial charge < -0.3 is 14.7 Å². The molecule has 0 radical (unpaired) electrons. The van der Waals surface area contributed by atoms with E-state index in [1.807, 2.05) is 46.8 Å². The van der Waals surface area contributed by atoms with Crippen LogP contribution in [0.5, 0.6) is 0 Å². The van der Waals surface area contributed by atoms with Gasteiger partial charge in [-0.15, -0.1) is 11.8 Å². The third kappa shape index (κ3) is 5.60. The summed E-state index contributed by atoms with van der Waals surface area (Å²) >= 11 is 1.49. The van der Waals surface area contributed by atoms with Gasteiger partial charge in [-0.25, -0.2) is 0 Å². The molecule has 1 aromatic carbocycles. The van der Waals surface area contributed by atoms with Crippen LogP contribution in [0.15, 0.2) is 16.7 Å². The number of nitrogens with one attached hydrogen (secondary N) is 1. The lowest BCUT2D eigenvalue weighted by Crippen LogP contribution is -2.36. The molecule has 0 atom stereocenters. The van der Waals surface area contributed by atoms with Crippen molar-refractivity contribution in [3.8, 4) is 0 Å². The van der Waals surface area contributed by atoms with E-state index in [-0.39, 0.29) is 18.4 Å². The average Bonchev–Trinajstić information content (AvgIpc) is 2.89. The second kappa shape index (κ2) is 9.08. The quantitative estimate of drug-likeness (QED) is 0.784. The molecule has 6 nitrogen and oxygen atoms in total. The number of carbonyl (C=O) groups is 2. The molecule has 0 unspecified atom stereocenters. The number of carbonyl (C=O) groups excluding carboxylic acids is 2. The number of amides is 2. The zero-order valence-electron chi connectivity index (χ0n) is 16.8. The minimum atomic E-state index is -0.198. The molecule has 0 fully saturated rings. The second-order valence-electron chi connectivity index (χ2n) is 6.87. The van der Waals surface area contributed by atoms with Crippen LogP contribution in [-0.2, 0) is 15.3 Å². The predicted octanol–water partition coefficient (Wildman–Crippen LogP) is 3.55. The highest BCUT2D eigenvalue weighted by atomic mass is 32.2. The molecule has 0 aliphatic carbocycles. The fraction of sp³-hybridized carbons (Fsp3) is 0.450. The van der Waals surface area contributed by atoms with Crippen molar-refractivity contribution in [1.29, 1.82) is 0 Å². The molecule has 1 aromatic heterocycles. The fourth-order valence-corrected chi connectivity index (χ4v) is 4.03. The smallest absolute Gasteiger partial charge is 0.243 e. The topological polar surface area (TPSA) is 75.4 Å². The predicted molar refractivity (Wildman–Crippen MR) is 109 cm³/mol. The van der Waals surface area contributed by atoms with Crippen LogP contribution in [-0.4, -0.2) is 41.2 Å². The Morgan fingerprint density at radius 1 is 1.15 bits per heavy atom. The van der Waals surface area contributed by atoms with Crippen molar-refractivity contribution in [3.05, 3.63) is 45.8 Å². The Morgan fingerprint density at radius 3 is 2.33 bits per heavy atom. The van der Waals surface area contributed by atoms with Gasteiger partial charge in [-0.2, -0.15) is 0 Å². The van der Waals surface area contributed by atoms with Crippen LogP contribution in [0.3, 0.4) is 0 Å². The van der Waals surface area contributed by atoms with Crippen molar-refractivity contribution in [1.82, 2.24) is 10.1 Å². The molecule has 0 aliphatic rings. The summed E-state index contributed by atoms with van der Waals surface area (Å²) in [5.74, 6) is 1.46. The number of hydrogen-bond acceptors (Lipinski definition) is 5. The van der Waals surface area contributed by atoms with Gasteiger partial charge in [-0.3, -0.25) is 9.59 Å². The molecule has 0 saturated carbocycles.